The van der Waals surface area contributed by atoms with Crippen molar-refractivity contribution in [3.8, 4) is 11.5 Å². The predicted octanol–water partition coefficient (Wildman–Crippen LogP) is 4.49. The number of nitrogens with one attached hydrogen (secondary N) is 1. The number of hydrogen-bond acceptors (Lipinski definition) is 5. The van der Waals surface area contributed by atoms with Crippen molar-refractivity contribution in [2.75, 3.05) is 26.7 Å². The average molecular weight is 471 g/mol. The highest BCUT2D eigenvalue weighted by Crippen LogP contribution is 2.26. The highest BCUT2D eigenvalue weighted by molar-refractivity contribution is 5.94. The zero-order valence-electron chi connectivity index (χ0n) is 19.9. The van der Waals surface area contributed by atoms with Gasteiger partial charge in [-0.15, -0.1) is 0 Å². The minimum absolute atomic E-state index is 0.0883. The second-order valence-electron chi connectivity index (χ2n) is 8.75. The molecule has 1 saturated heterocycles. The van der Waals surface area contributed by atoms with Gasteiger partial charge in [-0.05, 0) is 80.0 Å². The van der Waals surface area contributed by atoms with Crippen molar-refractivity contribution in [2.24, 2.45) is 0 Å². The van der Waals surface area contributed by atoms with Crippen LogP contribution in [-0.4, -0.2) is 46.9 Å². The van der Waals surface area contributed by atoms with Gasteiger partial charge >= 0.3 is 0 Å². The van der Waals surface area contributed by atoms with Gasteiger partial charge in [-0.1, -0.05) is 18.2 Å². The Hall–Kier alpha value is -3.84. The maximum atomic E-state index is 12.9. The Morgan fingerprint density at radius 3 is 2.46 bits per heavy atom. The molecule has 0 bridgehead atoms. The lowest BCUT2D eigenvalue weighted by atomic mass is 10.0. The van der Waals surface area contributed by atoms with Gasteiger partial charge in [0.05, 0.1) is 18.8 Å². The number of pyridine rings is 1. The van der Waals surface area contributed by atoms with Crippen LogP contribution in [0.4, 0.5) is 0 Å². The SMILES string of the molecule is COc1ccc(C(CNC(=O)c2ccc(OCc3cn4ccccc4n3)cc2)N2CCCC2)cc1. The van der Waals surface area contributed by atoms with E-state index in [0.717, 1.165) is 30.2 Å². The Kier molecular flexibility index (Phi) is 6.95. The summed E-state index contributed by atoms with van der Waals surface area (Å²) in [7, 11) is 1.67. The van der Waals surface area contributed by atoms with Gasteiger partial charge in [0.2, 0.25) is 0 Å². The van der Waals surface area contributed by atoms with Crippen molar-refractivity contribution in [3.05, 3.63) is 95.9 Å². The molecule has 0 radical (unpaired) electrons. The summed E-state index contributed by atoms with van der Waals surface area (Å²) in [5.74, 6) is 1.45. The number of carbonyl (C=O) groups excluding carboxylic acids is 1. The molecule has 3 heterocycles. The fourth-order valence-electron chi connectivity index (χ4n) is 4.55. The van der Waals surface area contributed by atoms with E-state index in [1.807, 2.05) is 59.3 Å². The molecule has 7 heteroatoms. The second kappa shape index (κ2) is 10.6. The first-order chi connectivity index (χ1) is 17.2. The first kappa shape index (κ1) is 22.9. The molecule has 0 spiro atoms. The number of fused-ring (bicyclic) bond motifs is 1. The van der Waals surface area contributed by atoms with Crippen molar-refractivity contribution >= 4 is 11.6 Å². The van der Waals surface area contributed by atoms with Gasteiger partial charge in [0.15, 0.2) is 0 Å². The Morgan fingerprint density at radius 2 is 1.74 bits per heavy atom. The first-order valence-corrected chi connectivity index (χ1v) is 12.0. The molecule has 7 nitrogen and oxygen atoms in total. The van der Waals surface area contributed by atoms with Gasteiger partial charge in [-0.3, -0.25) is 9.69 Å². The number of nitrogens with zero attached hydrogens (tertiary/aromatic N) is 3. The van der Waals surface area contributed by atoms with Crippen LogP contribution in [0.1, 0.15) is 40.5 Å². The maximum Gasteiger partial charge on any atom is 0.251 e. The summed E-state index contributed by atoms with van der Waals surface area (Å²) >= 11 is 0. The molecule has 2 aromatic heterocycles. The van der Waals surface area contributed by atoms with E-state index in [4.69, 9.17) is 9.47 Å². The summed E-state index contributed by atoms with van der Waals surface area (Å²) < 4.78 is 13.1. The minimum Gasteiger partial charge on any atom is -0.497 e. The van der Waals surface area contributed by atoms with Crippen molar-refractivity contribution in [2.45, 2.75) is 25.5 Å². The molecule has 1 aliphatic heterocycles. The number of likely N-dealkylation sites (tertiary alicyclic amines) is 1. The monoisotopic (exact) mass is 470 g/mol. The number of benzene rings is 2. The van der Waals surface area contributed by atoms with Gasteiger partial charge in [0.1, 0.15) is 23.8 Å². The second-order valence-corrected chi connectivity index (χ2v) is 8.75. The van der Waals surface area contributed by atoms with E-state index in [2.05, 4.69) is 27.3 Å². The van der Waals surface area contributed by atoms with Crippen molar-refractivity contribution in [1.82, 2.24) is 19.6 Å². The van der Waals surface area contributed by atoms with Crippen LogP contribution < -0.4 is 14.8 Å². The summed E-state index contributed by atoms with van der Waals surface area (Å²) in [4.78, 5) is 19.9. The number of amides is 1. The number of aromatic nitrogens is 2. The van der Waals surface area contributed by atoms with E-state index >= 15 is 0 Å². The largest absolute Gasteiger partial charge is 0.497 e. The Labute approximate surface area is 205 Å². The van der Waals surface area contributed by atoms with Gasteiger partial charge in [-0.25, -0.2) is 4.98 Å². The first-order valence-electron chi connectivity index (χ1n) is 12.0. The molecular weight excluding hydrogens is 440 g/mol. The number of ether oxygens (including phenoxy) is 2. The fraction of sp³-hybridized carbons (Fsp3) is 0.286. The maximum absolute atomic E-state index is 12.9. The van der Waals surface area contributed by atoms with Gasteiger partial charge in [0.25, 0.3) is 5.91 Å². The van der Waals surface area contributed by atoms with Crippen LogP contribution in [0.15, 0.2) is 79.1 Å². The number of carbonyl (C=O) groups is 1. The topological polar surface area (TPSA) is 68.1 Å². The lowest BCUT2D eigenvalue weighted by Gasteiger charge is -2.28. The van der Waals surface area contributed by atoms with Crippen LogP contribution in [0, 0.1) is 0 Å². The van der Waals surface area contributed by atoms with Crippen LogP contribution in [0.2, 0.25) is 0 Å². The van der Waals surface area contributed by atoms with Crippen molar-refractivity contribution < 1.29 is 14.3 Å². The average Bonchev–Trinajstić information content (AvgIpc) is 3.58. The van der Waals surface area contributed by atoms with Gasteiger partial charge in [0, 0.05) is 24.5 Å². The molecule has 1 fully saturated rings. The van der Waals surface area contributed by atoms with Crippen molar-refractivity contribution in [3.63, 3.8) is 0 Å². The van der Waals surface area contributed by atoms with Gasteiger partial charge in [-0.2, -0.15) is 0 Å². The number of rotatable bonds is 9. The number of hydrogen-bond donors (Lipinski definition) is 1. The van der Waals surface area contributed by atoms with Crippen LogP contribution in [0.5, 0.6) is 11.5 Å². The van der Waals surface area contributed by atoms with Gasteiger partial charge < -0.3 is 19.2 Å². The highest BCUT2D eigenvalue weighted by Gasteiger charge is 2.24. The quantitative estimate of drug-likeness (QED) is 0.390. The molecule has 4 aromatic rings. The molecule has 180 valence electrons. The van der Waals surface area contributed by atoms with Crippen LogP contribution in [0.25, 0.3) is 5.65 Å². The fourth-order valence-corrected chi connectivity index (χ4v) is 4.55. The Morgan fingerprint density at radius 1 is 1.00 bits per heavy atom. The lowest BCUT2D eigenvalue weighted by molar-refractivity contribution is 0.0938. The summed E-state index contributed by atoms with van der Waals surface area (Å²) in [5, 5.41) is 3.13. The Bertz CT molecular complexity index is 1230. The zero-order valence-corrected chi connectivity index (χ0v) is 19.9. The van der Waals surface area contributed by atoms with Crippen LogP contribution in [-0.2, 0) is 6.61 Å². The molecule has 1 amide bonds. The van der Waals surface area contributed by atoms with E-state index in [9.17, 15) is 4.79 Å². The lowest BCUT2D eigenvalue weighted by Crippen LogP contribution is -2.36. The summed E-state index contributed by atoms with van der Waals surface area (Å²) in [5.41, 5.74) is 3.54. The highest BCUT2D eigenvalue weighted by atomic mass is 16.5. The van der Waals surface area contributed by atoms with E-state index in [-0.39, 0.29) is 11.9 Å². The van der Waals surface area contributed by atoms with E-state index in [0.29, 0.717) is 24.5 Å². The molecule has 1 aliphatic rings. The summed E-state index contributed by atoms with van der Waals surface area (Å²) in [6.45, 7) is 3.01. The normalized spacial score (nSPS) is 14.7. The minimum atomic E-state index is -0.0883. The third-order valence-corrected chi connectivity index (χ3v) is 6.46. The predicted molar refractivity (Wildman–Crippen MR) is 135 cm³/mol. The molecule has 5 rings (SSSR count). The summed E-state index contributed by atoms with van der Waals surface area (Å²) in [6.07, 6.45) is 6.30. The zero-order chi connectivity index (χ0) is 24.0. The molecule has 1 N–H and O–H groups in total. The molecule has 1 atom stereocenters. The molecule has 35 heavy (non-hydrogen) atoms. The standard InChI is InChI=1S/C28H30N4O3/c1-34-24-11-7-21(8-12-24)26(31-15-4-5-16-31)18-29-28(33)22-9-13-25(14-10-22)35-20-23-19-32-17-3-2-6-27(32)30-23/h2-3,6-14,17,19,26H,4-5,15-16,18,20H2,1H3,(H,29,33). The Balaban J connectivity index is 1.18. The van der Waals surface area contributed by atoms with E-state index in [1.165, 1.54) is 18.4 Å². The van der Waals surface area contributed by atoms with Crippen LogP contribution in [0.3, 0.4) is 0 Å². The molecule has 2 aromatic carbocycles. The third-order valence-electron chi connectivity index (χ3n) is 6.46. The smallest absolute Gasteiger partial charge is 0.251 e. The third kappa shape index (κ3) is 5.46. The van der Waals surface area contributed by atoms with E-state index in [1.54, 1.807) is 19.2 Å². The number of imidazole rings is 1. The van der Waals surface area contributed by atoms with Crippen LogP contribution >= 0.6 is 0 Å². The van der Waals surface area contributed by atoms with E-state index < -0.39 is 0 Å². The molecule has 0 saturated carbocycles. The van der Waals surface area contributed by atoms with Crippen molar-refractivity contribution in [1.29, 1.82) is 0 Å². The molecule has 1 unspecified atom stereocenters. The summed E-state index contributed by atoms with van der Waals surface area (Å²) in [6, 6.07) is 21.4. The molecular formula is C28H30N4O3. The number of methoxy groups -OCH3 is 1. The molecule has 0 aliphatic carbocycles.